The van der Waals surface area contributed by atoms with Gasteiger partial charge in [-0.2, -0.15) is 11.8 Å². The van der Waals surface area contributed by atoms with Crippen molar-refractivity contribution in [2.24, 2.45) is 0 Å². The van der Waals surface area contributed by atoms with E-state index in [1.165, 1.54) is 40.8 Å². The average Bonchev–Trinajstić information content (AvgIpc) is 2.42. The number of nitrogens with one attached hydrogen (secondary N) is 1. The molecule has 0 fully saturated rings. The molecule has 1 unspecified atom stereocenters. The number of rotatable bonds is 10. The number of thioether (sulfide) groups is 1. The zero-order chi connectivity index (χ0) is 13.9. The molecule has 0 saturated heterocycles. The summed E-state index contributed by atoms with van der Waals surface area (Å²) in [5, 5.41) is 3.57. The summed E-state index contributed by atoms with van der Waals surface area (Å²) >= 11 is 5.74. The maximum Gasteiger partial charge on any atom is 0.0210 e. The van der Waals surface area contributed by atoms with E-state index in [0.29, 0.717) is 5.92 Å². The number of halogens is 1. The van der Waals surface area contributed by atoms with Crippen LogP contribution in [0.15, 0.2) is 28.7 Å². The highest BCUT2D eigenvalue weighted by atomic mass is 79.9. The van der Waals surface area contributed by atoms with E-state index in [1.807, 2.05) is 11.8 Å². The van der Waals surface area contributed by atoms with Crippen molar-refractivity contribution >= 4 is 27.7 Å². The van der Waals surface area contributed by atoms with Gasteiger partial charge in [0, 0.05) is 11.0 Å². The van der Waals surface area contributed by atoms with Gasteiger partial charge in [0.25, 0.3) is 0 Å². The van der Waals surface area contributed by atoms with Gasteiger partial charge in [-0.1, -0.05) is 48.0 Å². The zero-order valence-corrected chi connectivity index (χ0v) is 14.5. The smallest absolute Gasteiger partial charge is 0.0210 e. The predicted octanol–water partition coefficient (Wildman–Crippen LogP) is 5.07. The van der Waals surface area contributed by atoms with Crippen LogP contribution in [0.1, 0.15) is 44.6 Å². The largest absolute Gasteiger partial charge is 0.316 e. The lowest BCUT2D eigenvalue weighted by Gasteiger charge is -2.19. The SMILES string of the molecule is CCCNCC(CCCSCC)c1ccccc1Br. The summed E-state index contributed by atoms with van der Waals surface area (Å²) in [6.07, 6.45) is 3.78. The van der Waals surface area contributed by atoms with Crippen LogP contribution in [0.2, 0.25) is 0 Å². The van der Waals surface area contributed by atoms with E-state index in [9.17, 15) is 0 Å². The van der Waals surface area contributed by atoms with E-state index in [4.69, 9.17) is 0 Å². The predicted molar refractivity (Wildman–Crippen MR) is 92.3 cm³/mol. The Labute approximate surface area is 131 Å². The Bertz CT molecular complexity index is 343. The lowest BCUT2D eigenvalue weighted by molar-refractivity contribution is 0.543. The lowest BCUT2D eigenvalue weighted by Crippen LogP contribution is -2.22. The molecule has 0 saturated carbocycles. The Kier molecular flexibility index (Phi) is 9.66. The van der Waals surface area contributed by atoms with Gasteiger partial charge < -0.3 is 5.32 Å². The van der Waals surface area contributed by atoms with Gasteiger partial charge >= 0.3 is 0 Å². The van der Waals surface area contributed by atoms with Crippen LogP contribution in [0.5, 0.6) is 0 Å². The first-order chi connectivity index (χ1) is 9.29. The van der Waals surface area contributed by atoms with Crippen molar-refractivity contribution in [3.8, 4) is 0 Å². The average molecular weight is 344 g/mol. The van der Waals surface area contributed by atoms with Gasteiger partial charge in [0.15, 0.2) is 0 Å². The Morgan fingerprint density at radius 1 is 1.26 bits per heavy atom. The Balaban J connectivity index is 2.55. The Hall–Kier alpha value is 0.01000. The third-order valence-electron chi connectivity index (χ3n) is 3.21. The molecule has 0 aliphatic carbocycles. The van der Waals surface area contributed by atoms with Crippen LogP contribution in [-0.2, 0) is 0 Å². The van der Waals surface area contributed by atoms with Gasteiger partial charge in [-0.05, 0) is 54.9 Å². The minimum atomic E-state index is 0.625. The highest BCUT2D eigenvalue weighted by Gasteiger charge is 2.13. The molecular weight excluding hydrogens is 318 g/mol. The molecule has 0 aliphatic heterocycles. The molecule has 1 atom stereocenters. The first kappa shape index (κ1) is 17.1. The highest BCUT2D eigenvalue weighted by Crippen LogP contribution is 2.28. The standard InChI is InChI=1S/C16H26BrNS/c1-3-11-18-13-14(8-7-12-19-4-2)15-9-5-6-10-16(15)17/h5-6,9-10,14,18H,3-4,7-8,11-13H2,1-2H3. The Morgan fingerprint density at radius 3 is 2.74 bits per heavy atom. The molecule has 1 nitrogen and oxygen atoms in total. The van der Waals surface area contributed by atoms with Crippen LogP contribution >= 0.6 is 27.7 Å². The molecule has 1 rings (SSSR count). The van der Waals surface area contributed by atoms with Crippen molar-refractivity contribution in [3.63, 3.8) is 0 Å². The van der Waals surface area contributed by atoms with Crippen LogP contribution < -0.4 is 5.32 Å². The Morgan fingerprint density at radius 2 is 2.05 bits per heavy atom. The zero-order valence-electron chi connectivity index (χ0n) is 12.1. The molecule has 0 aromatic heterocycles. The fraction of sp³-hybridized carbons (Fsp3) is 0.625. The van der Waals surface area contributed by atoms with Crippen molar-refractivity contribution in [2.45, 2.75) is 39.0 Å². The maximum absolute atomic E-state index is 3.70. The van der Waals surface area contributed by atoms with E-state index < -0.39 is 0 Å². The van der Waals surface area contributed by atoms with Gasteiger partial charge in [-0.15, -0.1) is 0 Å². The summed E-state index contributed by atoms with van der Waals surface area (Å²) in [4.78, 5) is 0. The van der Waals surface area contributed by atoms with Gasteiger partial charge in [-0.25, -0.2) is 0 Å². The van der Waals surface area contributed by atoms with Crippen LogP contribution in [0.25, 0.3) is 0 Å². The molecule has 0 bridgehead atoms. The molecule has 1 aromatic rings. The van der Waals surface area contributed by atoms with E-state index in [2.05, 4.69) is 59.4 Å². The van der Waals surface area contributed by atoms with Crippen molar-refractivity contribution in [1.82, 2.24) is 5.32 Å². The second kappa shape index (κ2) is 10.8. The van der Waals surface area contributed by atoms with Crippen LogP contribution in [-0.4, -0.2) is 24.6 Å². The lowest BCUT2D eigenvalue weighted by atomic mass is 9.94. The molecule has 0 heterocycles. The number of hydrogen-bond donors (Lipinski definition) is 1. The molecule has 0 spiro atoms. The maximum atomic E-state index is 3.70. The molecular formula is C16H26BrNS. The van der Waals surface area contributed by atoms with Gasteiger partial charge in [-0.3, -0.25) is 0 Å². The summed E-state index contributed by atoms with van der Waals surface area (Å²) in [5.41, 5.74) is 1.45. The topological polar surface area (TPSA) is 12.0 Å². The van der Waals surface area contributed by atoms with Crippen molar-refractivity contribution in [2.75, 3.05) is 24.6 Å². The molecule has 19 heavy (non-hydrogen) atoms. The van der Waals surface area contributed by atoms with Crippen molar-refractivity contribution in [1.29, 1.82) is 0 Å². The molecule has 0 amide bonds. The summed E-state index contributed by atoms with van der Waals surface area (Å²) in [6, 6.07) is 8.66. The first-order valence-electron chi connectivity index (χ1n) is 7.32. The van der Waals surface area contributed by atoms with E-state index in [0.717, 1.165) is 13.1 Å². The summed E-state index contributed by atoms with van der Waals surface area (Å²) < 4.78 is 1.25. The van der Waals surface area contributed by atoms with Gasteiger partial charge in [0.1, 0.15) is 0 Å². The number of hydrogen-bond acceptors (Lipinski definition) is 2. The third kappa shape index (κ3) is 6.82. The molecule has 0 radical (unpaired) electrons. The van der Waals surface area contributed by atoms with Crippen LogP contribution in [0, 0.1) is 0 Å². The second-order valence-corrected chi connectivity index (χ2v) is 7.01. The highest BCUT2D eigenvalue weighted by molar-refractivity contribution is 9.10. The minimum absolute atomic E-state index is 0.625. The number of benzene rings is 1. The molecule has 3 heteroatoms. The fourth-order valence-electron chi connectivity index (χ4n) is 2.20. The van der Waals surface area contributed by atoms with E-state index in [1.54, 1.807) is 0 Å². The molecule has 1 aromatic carbocycles. The fourth-order valence-corrected chi connectivity index (χ4v) is 3.47. The van der Waals surface area contributed by atoms with Gasteiger partial charge in [0.05, 0.1) is 0 Å². The summed E-state index contributed by atoms with van der Waals surface area (Å²) in [6.45, 7) is 6.66. The second-order valence-electron chi connectivity index (χ2n) is 4.76. The minimum Gasteiger partial charge on any atom is -0.316 e. The first-order valence-corrected chi connectivity index (χ1v) is 9.27. The van der Waals surface area contributed by atoms with Crippen LogP contribution in [0.4, 0.5) is 0 Å². The van der Waals surface area contributed by atoms with Crippen molar-refractivity contribution < 1.29 is 0 Å². The van der Waals surface area contributed by atoms with E-state index >= 15 is 0 Å². The van der Waals surface area contributed by atoms with Gasteiger partial charge in [0.2, 0.25) is 0 Å². The summed E-state index contributed by atoms with van der Waals surface area (Å²) in [5.74, 6) is 3.14. The monoisotopic (exact) mass is 343 g/mol. The summed E-state index contributed by atoms with van der Waals surface area (Å²) in [7, 11) is 0. The molecule has 0 aliphatic rings. The molecule has 1 N–H and O–H groups in total. The molecule has 108 valence electrons. The van der Waals surface area contributed by atoms with Crippen LogP contribution in [0.3, 0.4) is 0 Å². The quantitative estimate of drug-likeness (QED) is 0.595. The third-order valence-corrected chi connectivity index (χ3v) is 4.92. The van der Waals surface area contributed by atoms with Crippen molar-refractivity contribution in [3.05, 3.63) is 34.3 Å². The van der Waals surface area contributed by atoms with E-state index in [-0.39, 0.29) is 0 Å². The normalized spacial score (nSPS) is 12.6.